The molecule has 20 heavy (non-hydrogen) atoms. The van der Waals surface area contributed by atoms with Crippen LogP contribution in [0.2, 0.25) is 0 Å². The lowest BCUT2D eigenvalue weighted by atomic mass is 10.2. The van der Waals surface area contributed by atoms with E-state index in [0.717, 1.165) is 27.2 Å². The number of amides is 1. The first-order chi connectivity index (χ1) is 9.54. The van der Waals surface area contributed by atoms with Crippen molar-refractivity contribution in [2.24, 2.45) is 5.92 Å². The molecule has 1 saturated carbocycles. The summed E-state index contributed by atoms with van der Waals surface area (Å²) in [5.74, 6) is 0.873. The standard InChI is InChI=1S/C16H20N2OS/c1-10(2)18(9-11-3-4-11)16(19)15-8-12-7-13(17)5-6-14(12)20-15/h5-8,10-11H,3-4,9,17H2,1-2H3. The molecule has 0 atom stereocenters. The van der Waals surface area contributed by atoms with Crippen molar-refractivity contribution in [2.45, 2.75) is 32.7 Å². The molecule has 2 aromatic rings. The van der Waals surface area contributed by atoms with Crippen molar-refractivity contribution < 1.29 is 4.79 Å². The third-order valence-electron chi connectivity index (χ3n) is 3.79. The summed E-state index contributed by atoms with van der Waals surface area (Å²) in [4.78, 5) is 15.5. The molecule has 0 aliphatic heterocycles. The molecule has 4 heteroatoms. The fraction of sp³-hybridized carbons (Fsp3) is 0.438. The maximum Gasteiger partial charge on any atom is 0.264 e. The predicted molar refractivity (Wildman–Crippen MR) is 85.1 cm³/mol. The van der Waals surface area contributed by atoms with Crippen LogP contribution in [0, 0.1) is 5.92 Å². The van der Waals surface area contributed by atoms with Crippen LogP contribution in [0.15, 0.2) is 24.3 Å². The minimum Gasteiger partial charge on any atom is -0.399 e. The zero-order chi connectivity index (χ0) is 14.3. The summed E-state index contributed by atoms with van der Waals surface area (Å²) in [6.45, 7) is 5.07. The van der Waals surface area contributed by atoms with E-state index in [1.165, 1.54) is 12.8 Å². The highest BCUT2D eigenvalue weighted by Crippen LogP contribution is 2.32. The smallest absolute Gasteiger partial charge is 0.264 e. The van der Waals surface area contributed by atoms with E-state index in [0.29, 0.717) is 5.92 Å². The Labute approximate surface area is 123 Å². The molecule has 1 amide bonds. The van der Waals surface area contributed by atoms with Crippen molar-refractivity contribution in [3.05, 3.63) is 29.1 Å². The van der Waals surface area contributed by atoms with Crippen molar-refractivity contribution in [3.63, 3.8) is 0 Å². The number of benzene rings is 1. The van der Waals surface area contributed by atoms with E-state index in [2.05, 4.69) is 13.8 Å². The Morgan fingerprint density at radius 2 is 2.15 bits per heavy atom. The average molecular weight is 288 g/mol. The molecule has 3 nitrogen and oxygen atoms in total. The van der Waals surface area contributed by atoms with Crippen LogP contribution in [0.1, 0.15) is 36.4 Å². The van der Waals surface area contributed by atoms with E-state index >= 15 is 0 Å². The second-order valence-corrected chi connectivity index (χ2v) is 6.99. The number of nitrogen functional groups attached to an aromatic ring is 1. The number of carbonyl (C=O) groups excluding carboxylic acids is 1. The maximum absolute atomic E-state index is 12.7. The number of hydrogen-bond donors (Lipinski definition) is 1. The summed E-state index contributed by atoms with van der Waals surface area (Å²) in [5.41, 5.74) is 6.54. The highest BCUT2D eigenvalue weighted by Gasteiger charge is 2.29. The largest absolute Gasteiger partial charge is 0.399 e. The number of hydrogen-bond acceptors (Lipinski definition) is 3. The number of rotatable bonds is 4. The molecule has 1 aromatic carbocycles. The van der Waals surface area contributed by atoms with Gasteiger partial charge < -0.3 is 10.6 Å². The number of nitrogens with zero attached hydrogens (tertiary/aromatic N) is 1. The van der Waals surface area contributed by atoms with Crippen LogP contribution in [-0.4, -0.2) is 23.4 Å². The lowest BCUT2D eigenvalue weighted by Crippen LogP contribution is -2.38. The highest BCUT2D eigenvalue weighted by atomic mass is 32.1. The van der Waals surface area contributed by atoms with Gasteiger partial charge in [0.2, 0.25) is 0 Å². The normalized spacial score (nSPS) is 14.9. The molecular weight excluding hydrogens is 268 g/mol. The molecular formula is C16H20N2OS. The highest BCUT2D eigenvalue weighted by molar-refractivity contribution is 7.20. The summed E-state index contributed by atoms with van der Waals surface area (Å²) < 4.78 is 1.12. The molecule has 1 aliphatic rings. The molecule has 1 aliphatic carbocycles. The molecule has 1 fully saturated rings. The van der Waals surface area contributed by atoms with Gasteiger partial charge in [-0.25, -0.2) is 0 Å². The number of carbonyl (C=O) groups is 1. The minimum atomic E-state index is 0.159. The van der Waals surface area contributed by atoms with Crippen molar-refractivity contribution >= 4 is 33.0 Å². The monoisotopic (exact) mass is 288 g/mol. The SMILES string of the molecule is CC(C)N(CC1CC1)C(=O)c1cc2cc(N)ccc2s1. The number of thiophene rings is 1. The zero-order valence-electron chi connectivity index (χ0n) is 11.9. The molecule has 0 radical (unpaired) electrons. The Hall–Kier alpha value is -1.55. The van der Waals surface area contributed by atoms with E-state index in [-0.39, 0.29) is 11.9 Å². The molecule has 1 aromatic heterocycles. The number of anilines is 1. The fourth-order valence-corrected chi connectivity index (χ4v) is 3.41. The van der Waals surface area contributed by atoms with Crippen LogP contribution in [0.25, 0.3) is 10.1 Å². The summed E-state index contributed by atoms with van der Waals surface area (Å²) in [7, 11) is 0. The first kappa shape index (κ1) is 13.4. The summed E-state index contributed by atoms with van der Waals surface area (Å²) >= 11 is 1.56. The van der Waals surface area contributed by atoms with Gasteiger partial charge in [0.1, 0.15) is 0 Å². The Bertz CT molecular complexity index is 643. The topological polar surface area (TPSA) is 46.3 Å². The molecule has 2 N–H and O–H groups in total. The van der Waals surface area contributed by atoms with Crippen molar-refractivity contribution in [1.82, 2.24) is 4.90 Å². The molecule has 3 rings (SSSR count). The molecule has 0 bridgehead atoms. The van der Waals surface area contributed by atoms with E-state index in [4.69, 9.17) is 5.73 Å². The molecule has 106 valence electrons. The number of fused-ring (bicyclic) bond motifs is 1. The van der Waals surface area contributed by atoms with Gasteiger partial charge in [-0.3, -0.25) is 4.79 Å². The van der Waals surface area contributed by atoms with Crippen LogP contribution in [0.3, 0.4) is 0 Å². The molecule has 1 heterocycles. The molecule has 0 saturated heterocycles. The van der Waals surface area contributed by atoms with Crippen LogP contribution in [0.4, 0.5) is 5.69 Å². The molecule has 0 unspecified atom stereocenters. The van der Waals surface area contributed by atoms with Gasteiger partial charge in [0, 0.05) is 23.0 Å². The Kier molecular flexibility index (Phi) is 3.42. The zero-order valence-corrected chi connectivity index (χ0v) is 12.7. The van der Waals surface area contributed by atoms with Gasteiger partial charge in [-0.2, -0.15) is 0 Å². The van der Waals surface area contributed by atoms with E-state index in [1.54, 1.807) is 11.3 Å². The van der Waals surface area contributed by atoms with Gasteiger partial charge in [-0.1, -0.05) is 0 Å². The van der Waals surface area contributed by atoms with Crippen LogP contribution < -0.4 is 5.73 Å². The van der Waals surface area contributed by atoms with Gasteiger partial charge in [-0.05, 0) is 62.3 Å². The third kappa shape index (κ3) is 2.66. The average Bonchev–Trinajstić information content (AvgIpc) is 3.12. The van der Waals surface area contributed by atoms with E-state index in [9.17, 15) is 4.79 Å². The third-order valence-corrected chi connectivity index (χ3v) is 4.89. The first-order valence-electron chi connectivity index (χ1n) is 7.14. The van der Waals surface area contributed by atoms with Crippen LogP contribution in [0.5, 0.6) is 0 Å². The van der Waals surface area contributed by atoms with Crippen molar-refractivity contribution in [2.75, 3.05) is 12.3 Å². The van der Waals surface area contributed by atoms with E-state index in [1.807, 2.05) is 29.2 Å². The van der Waals surface area contributed by atoms with Crippen LogP contribution in [-0.2, 0) is 0 Å². The quantitative estimate of drug-likeness (QED) is 0.871. The number of nitrogens with two attached hydrogens (primary N) is 1. The van der Waals surface area contributed by atoms with Gasteiger partial charge in [-0.15, -0.1) is 11.3 Å². The van der Waals surface area contributed by atoms with E-state index < -0.39 is 0 Å². The summed E-state index contributed by atoms with van der Waals surface area (Å²) in [6, 6.07) is 8.03. The molecule has 0 spiro atoms. The maximum atomic E-state index is 12.7. The lowest BCUT2D eigenvalue weighted by molar-refractivity contribution is 0.0701. The van der Waals surface area contributed by atoms with Gasteiger partial charge >= 0.3 is 0 Å². The second-order valence-electron chi connectivity index (χ2n) is 5.90. The van der Waals surface area contributed by atoms with Crippen LogP contribution >= 0.6 is 11.3 Å². The predicted octanol–water partition coefficient (Wildman–Crippen LogP) is 3.74. The Morgan fingerprint density at radius 3 is 2.80 bits per heavy atom. The van der Waals surface area contributed by atoms with Crippen molar-refractivity contribution in [3.8, 4) is 0 Å². The summed E-state index contributed by atoms with van der Waals surface area (Å²) in [5, 5.41) is 1.06. The fourth-order valence-electron chi connectivity index (χ4n) is 2.42. The van der Waals surface area contributed by atoms with Gasteiger partial charge in [0.25, 0.3) is 5.91 Å². The summed E-state index contributed by atoms with van der Waals surface area (Å²) in [6.07, 6.45) is 2.53. The van der Waals surface area contributed by atoms with Crippen molar-refractivity contribution in [1.29, 1.82) is 0 Å². The van der Waals surface area contributed by atoms with Gasteiger partial charge in [0.15, 0.2) is 0 Å². The Balaban J connectivity index is 1.89. The lowest BCUT2D eigenvalue weighted by Gasteiger charge is -2.26. The van der Waals surface area contributed by atoms with Gasteiger partial charge in [0.05, 0.1) is 4.88 Å². The first-order valence-corrected chi connectivity index (χ1v) is 7.96. The second kappa shape index (κ2) is 5.09. The Morgan fingerprint density at radius 1 is 1.40 bits per heavy atom. The minimum absolute atomic E-state index is 0.159.